The molecule has 0 aliphatic rings. The summed E-state index contributed by atoms with van der Waals surface area (Å²) in [5, 5.41) is 0. The Morgan fingerprint density at radius 2 is 1.88 bits per heavy atom. The van der Waals surface area contributed by atoms with Crippen molar-refractivity contribution >= 4 is 20.6 Å². The minimum absolute atomic E-state index is 0.583. The minimum atomic E-state index is -2.61. The first-order valence-corrected chi connectivity index (χ1v) is 8.11. The lowest BCUT2D eigenvalue weighted by molar-refractivity contribution is 0.119. The lowest BCUT2D eigenvalue weighted by atomic mass is 10.4. The van der Waals surface area contributed by atoms with Gasteiger partial charge < -0.3 is 13.3 Å². The predicted octanol–water partition coefficient (Wildman–Crippen LogP) is 2.75. The number of hydrogen-bond acceptors (Lipinski definition) is 4. The van der Waals surface area contributed by atoms with E-state index in [1.807, 2.05) is 18.2 Å². The topological polar surface area (TPSA) is 27.7 Å². The van der Waals surface area contributed by atoms with Crippen LogP contribution in [0.5, 0.6) is 0 Å². The maximum Gasteiger partial charge on any atom is 0.528 e. The summed E-state index contributed by atoms with van der Waals surface area (Å²) < 4.78 is 16.2. The molecule has 0 spiro atoms. The monoisotopic (exact) mass is 270 g/mol. The highest BCUT2D eigenvalue weighted by atomic mass is 32.2. The Balaban J connectivity index is 2.30. The van der Waals surface area contributed by atoms with Crippen LogP contribution < -0.4 is 0 Å². The van der Waals surface area contributed by atoms with Crippen LogP contribution in [0.2, 0.25) is 0 Å². The van der Waals surface area contributed by atoms with Crippen molar-refractivity contribution in [1.82, 2.24) is 0 Å². The molecule has 0 aromatic heterocycles. The molecule has 0 radical (unpaired) electrons. The van der Waals surface area contributed by atoms with Gasteiger partial charge in [0.05, 0.1) is 0 Å². The molecule has 0 aliphatic carbocycles. The van der Waals surface area contributed by atoms with Gasteiger partial charge in [-0.2, -0.15) is 0 Å². The van der Waals surface area contributed by atoms with E-state index < -0.39 is 8.80 Å². The quantitative estimate of drug-likeness (QED) is 0.412. The van der Waals surface area contributed by atoms with Gasteiger partial charge in [-0.05, 0) is 17.8 Å². The Kier molecular flexibility index (Phi) is 6.54. The van der Waals surface area contributed by atoms with E-state index in [0.717, 1.165) is 5.75 Å². The second kappa shape index (κ2) is 7.68. The van der Waals surface area contributed by atoms with E-state index in [-0.39, 0.29) is 0 Å². The third kappa shape index (κ3) is 4.65. The van der Waals surface area contributed by atoms with Crippen molar-refractivity contribution < 1.29 is 13.3 Å². The van der Waals surface area contributed by atoms with Crippen molar-refractivity contribution in [2.24, 2.45) is 0 Å². The second-order valence-corrected chi connectivity index (χ2v) is 7.11. The van der Waals surface area contributed by atoms with Crippen LogP contribution in [0.1, 0.15) is 0 Å². The van der Waals surface area contributed by atoms with Crippen molar-refractivity contribution in [3.63, 3.8) is 0 Å². The summed E-state index contributed by atoms with van der Waals surface area (Å²) in [5.74, 6) is 0.860. The van der Waals surface area contributed by atoms with Gasteiger partial charge in [-0.3, -0.25) is 0 Å². The van der Waals surface area contributed by atoms with Crippen LogP contribution in [0.4, 0.5) is 0 Å². The Morgan fingerprint density at radius 3 is 2.41 bits per heavy atom. The van der Waals surface area contributed by atoms with Crippen LogP contribution in [0.3, 0.4) is 0 Å². The number of rotatable bonds is 8. The predicted molar refractivity (Wildman–Crippen MR) is 73.1 cm³/mol. The average Bonchev–Trinajstić information content (AvgIpc) is 2.41. The first-order chi connectivity index (χ1) is 8.26. The first kappa shape index (κ1) is 14.5. The largest absolute Gasteiger partial charge is 0.528 e. The number of thioether (sulfide) groups is 1. The smallest absolute Gasteiger partial charge is 0.374 e. The Bertz CT molecular complexity index is 328. The fourth-order valence-electron chi connectivity index (χ4n) is 1.29. The van der Waals surface area contributed by atoms with E-state index in [2.05, 4.69) is 18.7 Å². The molecule has 0 fully saturated rings. The summed E-state index contributed by atoms with van der Waals surface area (Å²) in [7, 11) is 0.565. The van der Waals surface area contributed by atoms with Crippen molar-refractivity contribution in [2.45, 2.75) is 4.90 Å². The van der Waals surface area contributed by atoms with E-state index in [1.165, 1.54) is 4.90 Å². The molecule has 0 N–H and O–H groups in total. The molecule has 0 atom stereocenters. The van der Waals surface area contributed by atoms with Gasteiger partial charge >= 0.3 is 8.80 Å². The zero-order valence-electron chi connectivity index (χ0n) is 10.2. The third-order valence-corrected chi connectivity index (χ3v) is 5.44. The molecule has 17 heavy (non-hydrogen) atoms. The molecule has 0 unspecified atom stereocenters. The van der Waals surface area contributed by atoms with E-state index in [4.69, 9.17) is 13.3 Å². The van der Waals surface area contributed by atoms with E-state index in [9.17, 15) is 0 Å². The maximum absolute atomic E-state index is 5.65. The Hall–Kier alpha value is -0.593. The lowest BCUT2D eigenvalue weighted by Crippen LogP contribution is -2.42. The molecule has 3 nitrogen and oxygen atoms in total. The zero-order chi connectivity index (χ0) is 12.6. The van der Waals surface area contributed by atoms with Gasteiger partial charge in [0.15, 0.2) is 0 Å². The fraction of sp³-hybridized carbons (Fsp3) is 0.333. The molecule has 1 aromatic rings. The SMILES string of the molecule is C=C[Si](OC)(OC)OCCSc1ccccc1. The van der Waals surface area contributed by atoms with Crippen LogP contribution in [0.25, 0.3) is 0 Å². The van der Waals surface area contributed by atoms with Crippen LogP contribution >= 0.6 is 11.8 Å². The molecule has 1 aromatic carbocycles. The van der Waals surface area contributed by atoms with Crippen LogP contribution in [-0.4, -0.2) is 35.4 Å². The van der Waals surface area contributed by atoms with E-state index in [1.54, 1.807) is 31.7 Å². The van der Waals surface area contributed by atoms with Gasteiger partial charge in [-0.25, -0.2) is 0 Å². The molecule has 0 saturated carbocycles. The highest BCUT2D eigenvalue weighted by Gasteiger charge is 2.34. The van der Waals surface area contributed by atoms with Crippen LogP contribution in [0.15, 0.2) is 47.5 Å². The normalized spacial score (nSPS) is 11.4. The molecule has 1 rings (SSSR count). The number of hydrogen-bond donors (Lipinski definition) is 0. The molecular weight excluding hydrogens is 252 g/mol. The van der Waals surface area contributed by atoms with Gasteiger partial charge in [0.25, 0.3) is 0 Å². The van der Waals surface area contributed by atoms with Crippen molar-refractivity contribution in [3.05, 3.63) is 42.6 Å². The van der Waals surface area contributed by atoms with Crippen LogP contribution in [-0.2, 0) is 13.3 Å². The molecule has 0 heterocycles. The Morgan fingerprint density at radius 1 is 1.24 bits per heavy atom. The van der Waals surface area contributed by atoms with Crippen molar-refractivity contribution in [3.8, 4) is 0 Å². The Labute approximate surface area is 108 Å². The van der Waals surface area contributed by atoms with Gasteiger partial charge in [0, 0.05) is 31.5 Å². The van der Waals surface area contributed by atoms with Crippen molar-refractivity contribution in [1.29, 1.82) is 0 Å². The van der Waals surface area contributed by atoms with Gasteiger partial charge in [-0.1, -0.05) is 24.8 Å². The minimum Gasteiger partial charge on any atom is -0.374 e. The summed E-state index contributed by atoms with van der Waals surface area (Å²) in [6.07, 6.45) is 0. The molecular formula is C12H18O3SSi. The molecule has 0 bridgehead atoms. The van der Waals surface area contributed by atoms with Gasteiger partial charge in [0.2, 0.25) is 0 Å². The second-order valence-electron chi connectivity index (χ2n) is 3.23. The molecule has 94 valence electrons. The molecule has 5 heteroatoms. The van der Waals surface area contributed by atoms with E-state index in [0.29, 0.717) is 6.61 Å². The van der Waals surface area contributed by atoms with Gasteiger partial charge in [0.1, 0.15) is 0 Å². The van der Waals surface area contributed by atoms with Gasteiger partial charge in [-0.15, -0.1) is 11.8 Å². The third-order valence-electron chi connectivity index (χ3n) is 2.22. The molecule has 0 aliphatic heterocycles. The molecule has 0 amide bonds. The maximum atomic E-state index is 5.65. The van der Waals surface area contributed by atoms with Crippen LogP contribution in [0, 0.1) is 0 Å². The van der Waals surface area contributed by atoms with Crippen molar-refractivity contribution in [2.75, 3.05) is 26.6 Å². The molecule has 0 saturated heterocycles. The average molecular weight is 270 g/mol. The standard InChI is InChI=1S/C12H18O3SSi/c1-4-17(13-2,14-3)15-10-11-16-12-8-6-5-7-9-12/h4-9H,1,10-11H2,2-3H3. The lowest BCUT2D eigenvalue weighted by Gasteiger charge is -2.22. The van der Waals surface area contributed by atoms with E-state index >= 15 is 0 Å². The first-order valence-electron chi connectivity index (χ1n) is 5.32. The summed E-state index contributed by atoms with van der Waals surface area (Å²) in [6, 6.07) is 10.2. The zero-order valence-corrected chi connectivity index (χ0v) is 12.0. The number of benzene rings is 1. The summed E-state index contributed by atoms with van der Waals surface area (Å²) in [5.41, 5.74) is 1.64. The fourth-order valence-corrected chi connectivity index (χ4v) is 3.43. The highest BCUT2D eigenvalue weighted by molar-refractivity contribution is 7.99. The summed E-state index contributed by atoms with van der Waals surface area (Å²) in [4.78, 5) is 1.23. The summed E-state index contributed by atoms with van der Waals surface area (Å²) >= 11 is 1.74. The summed E-state index contributed by atoms with van der Waals surface area (Å²) in [6.45, 7) is 4.27. The highest BCUT2D eigenvalue weighted by Crippen LogP contribution is 2.17.